The number of sulfonamides is 1. The van der Waals surface area contributed by atoms with Crippen molar-refractivity contribution >= 4 is 21.6 Å². The zero-order valence-electron chi connectivity index (χ0n) is 16.8. The van der Waals surface area contributed by atoms with Crippen LogP contribution in [0, 0.1) is 12.3 Å². The standard InChI is InChI=1S/C22H26N2O4S/c1-17-9-10-20(19(15-17)28-2)29(26,27)23-13-6-11-22(16-23)12-14-24(21(22)25)18-7-4-3-5-8-18/h3-5,7-10,15H,6,11-14,16H2,1-2H3. The van der Waals surface area contributed by atoms with E-state index in [0.29, 0.717) is 38.1 Å². The molecule has 0 saturated carbocycles. The maximum atomic E-state index is 13.4. The van der Waals surface area contributed by atoms with Crippen LogP contribution in [0.1, 0.15) is 24.8 Å². The van der Waals surface area contributed by atoms with E-state index in [1.807, 2.05) is 37.3 Å². The zero-order valence-corrected chi connectivity index (χ0v) is 17.6. The summed E-state index contributed by atoms with van der Waals surface area (Å²) < 4.78 is 33.6. The molecule has 2 aliphatic heterocycles. The van der Waals surface area contributed by atoms with Crippen LogP contribution in [0.5, 0.6) is 5.75 Å². The number of amides is 1. The van der Waals surface area contributed by atoms with Crippen molar-refractivity contribution in [2.45, 2.75) is 31.1 Å². The average Bonchev–Trinajstić information content (AvgIpc) is 3.04. The number of hydrogen-bond acceptors (Lipinski definition) is 4. The van der Waals surface area contributed by atoms with Crippen molar-refractivity contribution in [3.63, 3.8) is 0 Å². The molecule has 2 heterocycles. The molecule has 0 aliphatic carbocycles. The molecular formula is C22H26N2O4S. The van der Waals surface area contributed by atoms with E-state index in [1.54, 1.807) is 23.1 Å². The number of piperidine rings is 1. The first-order valence-electron chi connectivity index (χ1n) is 9.89. The lowest BCUT2D eigenvalue weighted by atomic mass is 9.79. The minimum atomic E-state index is -3.75. The molecule has 1 amide bonds. The number of ether oxygens (including phenoxy) is 1. The molecule has 2 saturated heterocycles. The third-order valence-electron chi connectivity index (χ3n) is 6.06. The average molecular weight is 415 g/mol. The molecule has 29 heavy (non-hydrogen) atoms. The van der Waals surface area contributed by atoms with E-state index in [-0.39, 0.29) is 17.3 Å². The molecule has 154 valence electrons. The maximum absolute atomic E-state index is 13.4. The Balaban J connectivity index is 1.63. The van der Waals surface area contributed by atoms with E-state index >= 15 is 0 Å². The largest absolute Gasteiger partial charge is 0.495 e. The predicted molar refractivity (Wildman–Crippen MR) is 112 cm³/mol. The fourth-order valence-corrected chi connectivity index (χ4v) is 6.18. The summed E-state index contributed by atoms with van der Waals surface area (Å²) in [7, 11) is -2.28. The molecule has 2 fully saturated rings. The molecule has 1 atom stereocenters. The lowest BCUT2D eigenvalue weighted by Crippen LogP contribution is -2.49. The van der Waals surface area contributed by atoms with E-state index in [2.05, 4.69) is 0 Å². The van der Waals surface area contributed by atoms with Gasteiger partial charge < -0.3 is 9.64 Å². The topological polar surface area (TPSA) is 66.9 Å². The first-order valence-corrected chi connectivity index (χ1v) is 11.3. The lowest BCUT2D eigenvalue weighted by molar-refractivity contribution is -0.127. The monoisotopic (exact) mass is 414 g/mol. The van der Waals surface area contributed by atoms with Crippen LogP contribution in [0.15, 0.2) is 53.4 Å². The van der Waals surface area contributed by atoms with Crippen molar-refractivity contribution in [3.8, 4) is 5.75 Å². The van der Waals surface area contributed by atoms with Gasteiger partial charge in [0.25, 0.3) is 0 Å². The molecule has 1 unspecified atom stereocenters. The summed E-state index contributed by atoms with van der Waals surface area (Å²) in [6.07, 6.45) is 2.05. The van der Waals surface area contributed by atoms with Crippen LogP contribution in [0.4, 0.5) is 5.69 Å². The Labute approximate surface area is 172 Å². The van der Waals surface area contributed by atoms with E-state index in [9.17, 15) is 13.2 Å². The fourth-order valence-electron chi connectivity index (χ4n) is 4.48. The summed E-state index contributed by atoms with van der Waals surface area (Å²) in [6.45, 7) is 3.14. The molecule has 2 aromatic rings. The second kappa shape index (κ2) is 7.46. The molecule has 0 bridgehead atoms. The van der Waals surface area contributed by atoms with Crippen molar-refractivity contribution in [3.05, 3.63) is 54.1 Å². The highest BCUT2D eigenvalue weighted by atomic mass is 32.2. The summed E-state index contributed by atoms with van der Waals surface area (Å²) >= 11 is 0. The van der Waals surface area contributed by atoms with Gasteiger partial charge in [-0.15, -0.1) is 0 Å². The van der Waals surface area contributed by atoms with Crippen molar-refractivity contribution in [1.82, 2.24) is 4.31 Å². The highest BCUT2D eigenvalue weighted by Crippen LogP contribution is 2.43. The summed E-state index contributed by atoms with van der Waals surface area (Å²) in [5.74, 6) is 0.368. The van der Waals surface area contributed by atoms with Gasteiger partial charge in [-0.05, 0) is 56.0 Å². The number of anilines is 1. The number of para-hydroxylation sites is 1. The van der Waals surface area contributed by atoms with Gasteiger partial charge in [0.05, 0.1) is 12.5 Å². The van der Waals surface area contributed by atoms with Crippen molar-refractivity contribution in [1.29, 1.82) is 0 Å². The van der Waals surface area contributed by atoms with E-state index in [1.165, 1.54) is 11.4 Å². The van der Waals surface area contributed by atoms with Crippen molar-refractivity contribution in [2.24, 2.45) is 5.41 Å². The zero-order chi connectivity index (χ0) is 20.6. The molecule has 0 aromatic heterocycles. The smallest absolute Gasteiger partial charge is 0.246 e. The first-order chi connectivity index (χ1) is 13.9. The van der Waals surface area contributed by atoms with E-state index < -0.39 is 15.4 Å². The van der Waals surface area contributed by atoms with Gasteiger partial charge in [-0.1, -0.05) is 24.3 Å². The van der Waals surface area contributed by atoms with Crippen LogP contribution in [0.2, 0.25) is 0 Å². The van der Waals surface area contributed by atoms with Gasteiger partial charge in [-0.3, -0.25) is 4.79 Å². The number of hydrogen-bond donors (Lipinski definition) is 0. The normalized spacial score (nSPS) is 23.0. The van der Waals surface area contributed by atoms with Crippen LogP contribution in [-0.4, -0.2) is 45.4 Å². The lowest BCUT2D eigenvalue weighted by Gasteiger charge is -2.38. The van der Waals surface area contributed by atoms with Gasteiger partial charge in [0, 0.05) is 25.3 Å². The van der Waals surface area contributed by atoms with Crippen molar-refractivity contribution < 1.29 is 17.9 Å². The van der Waals surface area contributed by atoms with Gasteiger partial charge in [-0.2, -0.15) is 4.31 Å². The predicted octanol–water partition coefficient (Wildman–Crippen LogP) is 3.21. The van der Waals surface area contributed by atoms with Gasteiger partial charge in [-0.25, -0.2) is 8.42 Å². The highest BCUT2D eigenvalue weighted by Gasteiger charge is 2.51. The molecule has 7 heteroatoms. The SMILES string of the molecule is COc1cc(C)ccc1S(=O)(=O)N1CCCC2(CCN(c3ccccc3)C2=O)C1. The number of methoxy groups -OCH3 is 1. The fraction of sp³-hybridized carbons (Fsp3) is 0.409. The summed E-state index contributed by atoms with van der Waals surface area (Å²) in [5.41, 5.74) is 1.15. The van der Waals surface area contributed by atoms with Crippen LogP contribution < -0.4 is 9.64 Å². The number of carbonyl (C=O) groups is 1. The summed E-state index contributed by atoms with van der Waals surface area (Å²) in [5, 5.41) is 0. The van der Waals surface area contributed by atoms with Crippen LogP contribution in [-0.2, 0) is 14.8 Å². The Hall–Kier alpha value is -2.38. The minimum absolute atomic E-state index is 0.0273. The number of aryl methyl sites for hydroxylation is 1. The highest BCUT2D eigenvalue weighted by molar-refractivity contribution is 7.89. The molecule has 0 N–H and O–H groups in total. The summed E-state index contributed by atoms with van der Waals surface area (Å²) in [6, 6.07) is 14.7. The first kappa shape index (κ1) is 19.9. The third-order valence-corrected chi connectivity index (χ3v) is 7.94. The quantitative estimate of drug-likeness (QED) is 0.771. The number of nitrogens with zero attached hydrogens (tertiary/aromatic N) is 2. The summed E-state index contributed by atoms with van der Waals surface area (Å²) in [4.78, 5) is 15.3. The molecule has 1 spiro atoms. The third kappa shape index (κ3) is 3.42. The van der Waals surface area contributed by atoms with Gasteiger partial charge >= 0.3 is 0 Å². The van der Waals surface area contributed by atoms with Crippen LogP contribution in [0.3, 0.4) is 0 Å². The second-order valence-corrected chi connectivity index (χ2v) is 9.83. The second-order valence-electron chi connectivity index (χ2n) is 7.92. The number of rotatable bonds is 4. The van der Waals surface area contributed by atoms with E-state index in [0.717, 1.165) is 11.3 Å². The van der Waals surface area contributed by atoms with Gasteiger partial charge in [0.2, 0.25) is 15.9 Å². The molecule has 2 aliphatic rings. The minimum Gasteiger partial charge on any atom is -0.495 e. The molecule has 6 nitrogen and oxygen atoms in total. The van der Waals surface area contributed by atoms with Gasteiger partial charge in [0.1, 0.15) is 10.6 Å². The molecule has 0 radical (unpaired) electrons. The molecule has 2 aromatic carbocycles. The number of benzene rings is 2. The van der Waals surface area contributed by atoms with Crippen molar-refractivity contribution in [2.75, 3.05) is 31.6 Å². The Kier molecular flexibility index (Phi) is 5.12. The molecular weight excluding hydrogens is 388 g/mol. The molecule has 4 rings (SSSR count). The van der Waals surface area contributed by atoms with Gasteiger partial charge in [0.15, 0.2) is 0 Å². The van der Waals surface area contributed by atoms with E-state index in [4.69, 9.17) is 4.74 Å². The Morgan fingerprint density at radius 3 is 2.52 bits per heavy atom. The van der Waals surface area contributed by atoms with Crippen LogP contribution in [0.25, 0.3) is 0 Å². The Morgan fingerprint density at radius 2 is 1.79 bits per heavy atom. The maximum Gasteiger partial charge on any atom is 0.246 e. The Morgan fingerprint density at radius 1 is 1.03 bits per heavy atom. The number of carbonyl (C=O) groups excluding carboxylic acids is 1. The van der Waals surface area contributed by atoms with Crippen LogP contribution >= 0.6 is 0 Å². The Bertz CT molecular complexity index is 1020.